The van der Waals surface area contributed by atoms with E-state index in [2.05, 4.69) is 68.2 Å². The fourth-order valence-electron chi connectivity index (χ4n) is 3.21. The summed E-state index contributed by atoms with van der Waals surface area (Å²) in [5.74, 6) is 0. The molecule has 0 N–H and O–H groups in total. The number of aromatic nitrogens is 1. The highest BCUT2D eigenvalue weighted by atomic mass is 79.9. The minimum atomic E-state index is 1.22. The summed E-state index contributed by atoms with van der Waals surface area (Å²) in [5, 5.41) is 7.62. The summed E-state index contributed by atoms with van der Waals surface area (Å²) in [6, 6.07) is 15.3. The lowest BCUT2D eigenvalue weighted by Crippen LogP contribution is -1.76. The highest BCUT2D eigenvalue weighted by molar-refractivity contribution is 9.11. The molecule has 0 atom stereocenters. The molecule has 3 aromatic heterocycles. The Labute approximate surface area is 121 Å². The lowest BCUT2D eigenvalue weighted by atomic mass is 10.1. The first-order valence-corrected chi connectivity index (χ1v) is 7.83. The van der Waals surface area contributed by atoms with Crippen LogP contribution < -0.4 is 0 Å². The summed E-state index contributed by atoms with van der Waals surface area (Å²) >= 11 is 5.46. The van der Waals surface area contributed by atoms with E-state index < -0.39 is 0 Å². The Kier molecular flexibility index (Phi) is 1.78. The summed E-state index contributed by atoms with van der Waals surface area (Å²) in [6.07, 6.45) is 0. The van der Waals surface area contributed by atoms with E-state index in [1.165, 1.54) is 41.9 Å². The molecule has 0 spiro atoms. The Morgan fingerprint density at radius 1 is 0.842 bits per heavy atom. The van der Waals surface area contributed by atoms with Crippen molar-refractivity contribution in [1.82, 2.24) is 4.40 Å². The quantitative estimate of drug-likeness (QED) is 0.346. The van der Waals surface area contributed by atoms with Gasteiger partial charge in [-0.2, -0.15) is 0 Å². The highest BCUT2D eigenvalue weighted by Crippen LogP contribution is 2.43. The van der Waals surface area contributed by atoms with Gasteiger partial charge in [0, 0.05) is 26.9 Å². The molecule has 1 nitrogen and oxygen atoms in total. The third-order valence-electron chi connectivity index (χ3n) is 3.93. The normalized spacial score (nSPS) is 12.5. The van der Waals surface area contributed by atoms with Crippen molar-refractivity contribution >= 4 is 65.4 Å². The van der Waals surface area contributed by atoms with Crippen LogP contribution in [0.25, 0.3) is 38.1 Å². The molecule has 0 saturated heterocycles. The van der Waals surface area contributed by atoms with Gasteiger partial charge in [-0.05, 0) is 22.0 Å². The summed E-state index contributed by atoms with van der Waals surface area (Å²) in [7, 11) is 0. The van der Waals surface area contributed by atoms with Gasteiger partial charge in [0.05, 0.1) is 20.3 Å². The van der Waals surface area contributed by atoms with Crippen molar-refractivity contribution in [2.45, 2.75) is 0 Å². The van der Waals surface area contributed by atoms with E-state index in [1.807, 2.05) is 0 Å². The molecule has 0 fully saturated rings. The van der Waals surface area contributed by atoms with Gasteiger partial charge in [0.1, 0.15) is 0 Å². The Bertz CT molecular complexity index is 1070. The molecule has 0 bridgehead atoms. The van der Waals surface area contributed by atoms with Crippen LogP contribution in [0.1, 0.15) is 0 Å². The number of para-hydroxylation sites is 2. The third kappa shape index (κ3) is 1.07. The monoisotopic (exact) mass is 325 g/mol. The van der Waals surface area contributed by atoms with Gasteiger partial charge in [-0.15, -0.1) is 11.3 Å². The summed E-state index contributed by atoms with van der Waals surface area (Å²) < 4.78 is 3.62. The molecule has 3 heterocycles. The van der Waals surface area contributed by atoms with Crippen LogP contribution in [0, 0.1) is 0 Å². The van der Waals surface area contributed by atoms with Crippen molar-refractivity contribution in [1.29, 1.82) is 0 Å². The number of rotatable bonds is 0. The molecule has 5 aromatic rings. The number of hydrogen-bond acceptors (Lipinski definition) is 1. The van der Waals surface area contributed by atoms with E-state index >= 15 is 0 Å². The Hall–Kier alpha value is -1.58. The molecule has 19 heavy (non-hydrogen) atoms. The molecular weight excluding hydrogens is 318 g/mol. The van der Waals surface area contributed by atoms with Gasteiger partial charge >= 0.3 is 0 Å². The van der Waals surface area contributed by atoms with E-state index in [0.29, 0.717) is 0 Å². The maximum absolute atomic E-state index is 3.70. The van der Waals surface area contributed by atoms with E-state index in [4.69, 9.17) is 0 Å². The fraction of sp³-hybridized carbons (Fsp3) is 0. The second-order valence-electron chi connectivity index (χ2n) is 4.82. The number of thiophene rings is 1. The van der Waals surface area contributed by atoms with Crippen molar-refractivity contribution in [3.63, 3.8) is 0 Å². The number of halogens is 1. The first-order valence-electron chi connectivity index (χ1n) is 6.16. The zero-order chi connectivity index (χ0) is 12.6. The summed E-state index contributed by atoms with van der Waals surface area (Å²) in [5.41, 5.74) is 3.96. The molecule has 0 aliphatic rings. The van der Waals surface area contributed by atoms with Gasteiger partial charge in [-0.25, -0.2) is 0 Å². The number of benzene rings is 2. The van der Waals surface area contributed by atoms with E-state index in [1.54, 1.807) is 11.3 Å². The number of fused-ring (bicyclic) bond motifs is 6. The maximum Gasteiger partial charge on any atom is 0.0799 e. The van der Waals surface area contributed by atoms with Crippen LogP contribution in [0.4, 0.5) is 0 Å². The molecule has 90 valence electrons. The van der Waals surface area contributed by atoms with Crippen LogP contribution in [0.5, 0.6) is 0 Å². The Balaban J connectivity index is 2.32. The SMILES string of the molecule is Brc1scc2c1c1cccc3c4ccccc4n2c31. The average Bonchev–Trinajstić information content (AvgIpc) is 3.07. The first kappa shape index (κ1) is 10.2. The van der Waals surface area contributed by atoms with Crippen molar-refractivity contribution in [3.05, 3.63) is 51.6 Å². The summed E-state index contributed by atoms with van der Waals surface area (Å²) in [6.45, 7) is 0. The van der Waals surface area contributed by atoms with Gasteiger partial charge < -0.3 is 4.40 Å². The van der Waals surface area contributed by atoms with Crippen molar-refractivity contribution in [3.8, 4) is 0 Å². The van der Waals surface area contributed by atoms with Gasteiger partial charge in [-0.3, -0.25) is 0 Å². The Morgan fingerprint density at radius 2 is 1.63 bits per heavy atom. The highest BCUT2D eigenvalue weighted by Gasteiger charge is 2.18. The minimum Gasteiger partial charge on any atom is -0.307 e. The van der Waals surface area contributed by atoms with Crippen molar-refractivity contribution in [2.24, 2.45) is 0 Å². The largest absolute Gasteiger partial charge is 0.307 e. The molecule has 5 rings (SSSR count). The van der Waals surface area contributed by atoms with E-state index in [9.17, 15) is 0 Å². The number of nitrogens with zero attached hydrogens (tertiary/aromatic N) is 1. The van der Waals surface area contributed by atoms with Crippen LogP contribution in [0.2, 0.25) is 0 Å². The molecule has 0 unspecified atom stereocenters. The molecule has 0 saturated carbocycles. The van der Waals surface area contributed by atoms with Gasteiger partial charge in [-0.1, -0.05) is 36.4 Å². The maximum atomic E-state index is 3.70. The predicted octanol–water partition coefficient (Wildman–Crippen LogP) is 5.66. The van der Waals surface area contributed by atoms with E-state index in [-0.39, 0.29) is 0 Å². The zero-order valence-electron chi connectivity index (χ0n) is 9.85. The van der Waals surface area contributed by atoms with Gasteiger partial charge in [0.2, 0.25) is 0 Å². The predicted molar refractivity (Wildman–Crippen MR) is 86.7 cm³/mol. The van der Waals surface area contributed by atoms with Crippen LogP contribution >= 0.6 is 27.3 Å². The van der Waals surface area contributed by atoms with Crippen LogP contribution in [0.3, 0.4) is 0 Å². The lowest BCUT2D eigenvalue weighted by molar-refractivity contribution is 1.38. The number of hydrogen-bond donors (Lipinski definition) is 0. The second-order valence-corrected chi connectivity index (χ2v) is 7.02. The molecule has 0 amide bonds. The minimum absolute atomic E-state index is 1.22. The molecule has 0 aliphatic heterocycles. The second kappa shape index (κ2) is 3.30. The first-order chi connectivity index (χ1) is 9.36. The molecule has 3 heteroatoms. The fourth-order valence-corrected chi connectivity index (χ4v) is 4.67. The topological polar surface area (TPSA) is 4.41 Å². The van der Waals surface area contributed by atoms with Crippen LogP contribution in [0.15, 0.2) is 51.6 Å². The van der Waals surface area contributed by atoms with Crippen molar-refractivity contribution < 1.29 is 0 Å². The smallest absolute Gasteiger partial charge is 0.0799 e. The Morgan fingerprint density at radius 3 is 2.58 bits per heavy atom. The van der Waals surface area contributed by atoms with Crippen LogP contribution in [-0.4, -0.2) is 4.40 Å². The van der Waals surface area contributed by atoms with Crippen molar-refractivity contribution in [2.75, 3.05) is 0 Å². The average molecular weight is 326 g/mol. The standard InChI is InChI=1S/C16H8BrNS/c17-16-14-11-6-3-5-10-9-4-1-2-7-12(9)18(15(10)11)13(14)8-19-16/h1-8H. The molecule has 0 radical (unpaired) electrons. The van der Waals surface area contributed by atoms with Gasteiger partial charge in [0.15, 0.2) is 0 Å². The molecular formula is C16H8BrNS. The summed E-state index contributed by atoms with van der Waals surface area (Å²) in [4.78, 5) is 0. The zero-order valence-corrected chi connectivity index (χ0v) is 12.3. The molecule has 2 aromatic carbocycles. The third-order valence-corrected chi connectivity index (χ3v) is 5.64. The molecule has 0 aliphatic carbocycles. The van der Waals surface area contributed by atoms with Crippen LogP contribution in [-0.2, 0) is 0 Å². The van der Waals surface area contributed by atoms with Gasteiger partial charge in [0.25, 0.3) is 0 Å². The van der Waals surface area contributed by atoms with E-state index in [0.717, 1.165) is 0 Å². The lowest BCUT2D eigenvalue weighted by Gasteiger charge is -1.92.